The van der Waals surface area contributed by atoms with Crippen LogP contribution in [-0.2, 0) is 9.59 Å². The van der Waals surface area contributed by atoms with E-state index in [1.54, 1.807) is 0 Å². The molecule has 0 saturated heterocycles. The van der Waals surface area contributed by atoms with Crippen molar-refractivity contribution >= 4 is 11.6 Å². The van der Waals surface area contributed by atoms with E-state index in [4.69, 9.17) is 0 Å². The van der Waals surface area contributed by atoms with E-state index in [0.29, 0.717) is 6.42 Å². The number of carbonyl (C=O) groups is 2. The lowest BCUT2D eigenvalue weighted by molar-refractivity contribution is -0.127. The van der Waals surface area contributed by atoms with Gasteiger partial charge in [0.1, 0.15) is 11.6 Å². The summed E-state index contributed by atoms with van der Waals surface area (Å²) in [4.78, 5) is 22.0. The van der Waals surface area contributed by atoms with E-state index in [1.807, 2.05) is 6.92 Å². The van der Waals surface area contributed by atoms with Gasteiger partial charge in [-0.05, 0) is 19.3 Å². The zero-order chi connectivity index (χ0) is 8.27. The number of hydrogen-bond acceptors (Lipinski definition) is 2. The molecule has 0 aromatic carbocycles. The summed E-state index contributed by atoms with van der Waals surface area (Å²) in [7, 11) is 0. The molecule has 0 amide bonds. The summed E-state index contributed by atoms with van der Waals surface area (Å²) in [5.41, 5.74) is 0. The van der Waals surface area contributed by atoms with Crippen LogP contribution in [0.2, 0.25) is 0 Å². The first-order valence-corrected chi connectivity index (χ1v) is 4.28. The van der Waals surface area contributed by atoms with Gasteiger partial charge in [-0.1, -0.05) is 6.92 Å². The second kappa shape index (κ2) is 3.65. The number of rotatable bonds is 5. The van der Waals surface area contributed by atoms with E-state index in [1.165, 1.54) is 0 Å². The summed E-state index contributed by atoms with van der Waals surface area (Å²) >= 11 is 0. The van der Waals surface area contributed by atoms with Crippen LogP contribution in [0.15, 0.2) is 0 Å². The molecule has 0 heterocycles. The highest BCUT2D eigenvalue weighted by atomic mass is 16.1. The standard InChI is InChI=1S/C9H14O2/c1-2-3-8(10)6-9(11)7-4-5-7/h7H,2-6H2,1H3. The molecular weight excluding hydrogens is 140 g/mol. The van der Waals surface area contributed by atoms with E-state index in [9.17, 15) is 9.59 Å². The Morgan fingerprint density at radius 3 is 2.45 bits per heavy atom. The molecule has 0 spiro atoms. The molecule has 0 atom stereocenters. The molecule has 62 valence electrons. The van der Waals surface area contributed by atoms with Crippen LogP contribution in [0.4, 0.5) is 0 Å². The summed E-state index contributed by atoms with van der Waals surface area (Å²) in [5.74, 6) is 0.531. The minimum atomic E-state index is 0.115. The maximum absolute atomic E-state index is 11.1. The largest absolute Gasteiger partial charge is 0.299 e. The summed E-state index contributed by atoms with van der Waals surface area (Å²) in [5, 5.41) is 0. The van der Waals surface area contributed by atoms with E-state index in [-0.39, 0.29) is 23.9 Å². The molecule has 0 aromatic heterocycles. The second-order valence-electron chi connectivity index (χ2n) is 3.21. The molecule has 1 aliphatic carbocycles. The lowest BCUT2D eigenvalue weighted by atomic mass is 10.1. The van der Waals surface area contributed by atoms with Crippen LogP contribution < -0.4 is 0 Å². The van der Waals surface area contributed by atoms with Gasteiger partial charge in [0.15, 0.2) is 0 Å². The Morgan fingerprint density at radius 1 is 1.36 bits per heavy atom. The maximum atomic E-state index is 11.1. The number of ketones is 2. The van der Waals surface area contributed by atoms with Gasteiger partial charge in [0.05, 0.1) is 6.42 Å². The van der Waals surface area contributed by atoms with Crippen LogP contribution >= 0.6 is 0 Å². The van der Waals surface area contributed by atoms with Crippen LogP contribution in [0.1, 0.15) is 39.0 Å². The van der Waals surface area contributed by atoms with Crippen molar-refractivity contribution in [1.82, 2.24) is 0 Å². The van der Waals surface area contributed by atoms with E-state index in [2.05, 4.69) is 0 Å². The van der Waals surface area contributed by atoms with E-state index >= 15 is 0 Å². The summed E-state index contributed by atoms with van der Waals surface area (Å²) in [6.07, 6.45) is 3.64. The van der Waals surface area contributed by atoms with Crippen molar-refractivity contribution in [2.45, 2.75) is 39.0 Å². The lowest BCUT2D eigenvalue weighted by Crippen LogP contribution is -2.08. The number of Topliss-reactive ketones (excluding diaryl/α,β-unsaturated/α-hetero) is 2. The van der Waals surface area contributed by atoms with Crippen molar-refractivity contribution in [3.8, 4) is 0 Å². The average molecular weight is 154 g/mol. The van der Waals surface area contributed by atoms with Gasteiger partial charge in [0, 0.05) is 12.3 Å². The van der Waals surface area contributed by atoms with E-state index < -0.39 is 0 Å². The van der Waals surface area contributed by atoms with Gasteiger partial charge >= 0.3 is 0 Å². The molecule has 0 aliphatic heterocycles. The Labute approximate surface area is 67.0 Å². The predicted octanol–water partition coefficient (Wildman–Crippen LogP) is 1.72. The number of hydrogen-bond donors (Lipinski definition) is 0. The van der Waals surface area contributed by atoms with Gasteiger partial charge < -0.3 is 0 Å². The topological polar surface area (TPSA) is 34.1 Å². The molecule has 11 heavy (non-hydrogen) atoms. The Balaban J connectivity index is 2.17. The second-order valence-corrected chi connectivity index (χ2v) is 3.21. The predicted molar refractivity (Wildman–Crippen MR) is 42.3 cm³/mol. The zero-order valence-corrected chi connectivity index (χ0v) is 6.93. The first-order valence-electron chi connectivity index (χ1n) is 4.28. The minimum Gasteiger partial charge on any atom is -0.299 e. The highest BCUT2D eigenvalue weighted by Gasteiger charge is 2.30. The zero-order valence-electron chi connectivity index (χ0n) is 6.93. The highest BCUT2D eigenvalue weighted by molar-refractivity contribution is 6.00. The quantitative estimate of drug-likeness (QED) is 0.565. The molecule has 0 radical (unpaired) electrons. The fraction of sp³-hybridized carbons (Fsp3) is 0.778. The third-order valence-electron chi connectivity index (χ3n) is 1.93. The van der Waals surface area contributed by atoms with Crippen LogP contribution in [0.5, 0.6) is 0 Å². The molecule has 1 rings (SSSR count). The van der Waals surface area contributed by atoms with Gasteiger partial charge in [-0.3, -0.25) is 9.59 Å². The van der Waals surface area contributed by atoms with Crippen LogP contribution in [0.25, 0.3) is 0 Å². The number of carbonyl (C=O) groups excluding carboxylic acids is 2. The Bertz CT molecular complexity index is 168. The molecular formula is C9H14O2. The van der Waals surface area contributed by atoms with Crippen molar-refractivity contribution in [3.05, 3.63) is 0 Å². The average Bonchev–Trinajstić information content (AvgIpc) is 2.67. The third-order valence-corrected chi connectivity index (χ3v) is 1.93. The van der Waals surface area contributed by atoms with Gasteiger partial charge in [0.2, 0.25) is 0 Å². The van der Waals surface area contributed by atoms with Gasteiger partial charge in [0.25, 0.3) is 0 Å². The molecule has 1 fully saturated rings. The highest BCUT2D eigenvalue weighted by Crippen LogP contribution is 2.30. The molecule has 1 saturated carbocycles. The first kappa shape index (κ1) is 8.44. The van der Waals surface area contributed by atoms with Gasteiger partial charge in [-0.25, -0.2) is 0 Å². The Kier molecular flexibility index (Phi) is 2.80. The SMILES string of the molecule is CCCC(=O)CC(=O)C1CC1. The van der Waals surface area contributed by atoms with Crippen molar-refractivity contribution in [2.75, 3.05) is 0 Å². The molecule has 0 bridgehead atoms. The lowest BCUT2D eigenvalue weighted by Gasteiger charge is -1.95. The van der Waals surface area contributed by atoms with E-state index in [0.717, 1.165) is 19.3 Å². The summed E-state index contributed by atoms with van der Waals surface area (Å²) in [6, 6.07) is 0. The molecule has 0 unspecified atom stereocenters. The first-order chi connectivity index (χ1) is 5.24. The van der Waals surface area contributed by atoms with Gasteiger partial charge in [-0.2, -0.15) is 0 Å². The van der Waals surface area contributed by atoms with Crippen LogP contribution in [0, 0.1) is 5.92 Å². The van der Waals surface area contributed by atoms with Crippen LogP contribution in [-0.4, -0.2) is 11.6 Å². The fourth-order valence-corrected chi connectivity index (χ4v) is 1.11. The van der Waals surface area contributed by atoms with Crippen molar-refractivity contribution < 1.29 is 9.59 Å². The maximum Gasteiger partial charge on any atom is 0.143 e. The molecule has 2 heteroatoms. The molecule has 2 nitrogen and oxygen atoms in total. The smallest absolute Gasteiger partial charge is 0.143 e. The van der Waals surface area contributed by atoms with Crippen LogP contribution in [0.3, 0.4) is 0 Å². The monoisotopic (exact) mass is 154 g/mol. The summed E-state index contributed by atoms with van der Waals surface area (Å²) in [6.45, 7) is 1.96. The van der Waals surface area contributed by atoms with Crippen molar-refractivity contribution in [1.29, 1.82) is 0 Å². The third kappa shape index (κ3) is 2.83. The molecule has 0 aromatic rings. The molecule has 1 aliphatic rings. The van der Waals surface area contributed by atoms with Crippen molar-refractivity contribution in [2.24, 2.45) is 5.92 Å². The minimum absolute atomic E-state index is 0.115. The normalized spacial score (nSPS) is 16.5. The fourth-order valence-electron chi connectivity index (χ4n) is 1.11. The Hall–Kier alpha value is -0.660. The van der Waals surface area contributed by atoms with Gasteiger partial charge in [-0.15, -0.1) is 0 Å². The summed E-state index contributed by atoms with van der Waals surface area (Å²) < 4.78 is 0. The Morgan fingerprint density at radius 2 is 2.00 bits per heavy atom. The van der Waals surface area contributed by atoms with Crippen molar-refractivity contribution in [3.63, 3.8) is 0 Å². The molecule has 0 N–H and O–H groups in total.